The van der Waals surface area contributed by atoms with Crippen LogP contribution >= 0.6 is 0 Å². The van der Waals surface area contributed by atoms with E-state index in [0.717, 1.165) is 0 Å². The molecule has 1 aliphatic heterocycles. The van der Waals surface area contributed by atoms with E-state index in [-0.39, 0.29) is 17.6 Å². The Balaban J connectivity index is 1.98. The van der Waals surface area contributed by atoms with Crippen LogP contribution in [0.4, 0.5) is 10.5 Å². The van der Waals surface area contributed by atoms with Gasteiger partial charge in [-0.1, -0.05) is 6.07 Å². The Morgan fingerprint density at radius 2 is 1.71 bits per heavy atom. The van der Waals surface area contributed by atoms with Crippen molar-refractivity contribution in [1.29, 1.82) is 10.5 Å². The molecule has 0 aliphatic carbocycles. The van der Waals surface area contributed by atoms with E-state index in [1.165, 1.54) is 6.20 Å². The van der Waals surface area contributed by atoms with Gasteiger partial charge < -0.3 is 19.9 Å². The van der Waals surface area contributed by atoms with Crippen LogP contribution < -0.4 is 5.32 Å². The zero-order valence-electron chi connectivity index (χ0n) is 16.2. The molecule has 0 atom stereocenters. The van der Waals surface area contributed by atoms with Gasteiger partial charge in [0.25, 0.3) is 5.91 Å². The van der Waals surface area contributed by atoms with Crippen molar-refractivity contribution >= 4 is 17.7 Å². The number of rotatable bonds is 3. The zero-order chi connectivity index (χ0) is 20.7. The van der Waals surface area contributed by atoms with Gasteiger partial charge in [0.15, 0.2) is 0 Å². The topological polar surface area (TPSA) is 109 Å². The normalized spacial score (nSPS) is 13.8. The summed E-state index contributed by atoms with van der Waals surface area (Å²) in [7, 11) is 0. The molecule has 8 heteroatoms. The van der Waals surface area contributed by atoms with Crippen molar-refractivity contribution in [1.82, 2.24) is 9.80 Å². The van der Waals surface area contributed by atoms with Gasteiger partial charge in [-0.15, -0.1) is 0 Å². The fourth-order valence-corrected chi connectivity index (χ4v) is 2.59. The molecule has 0 spiro atoms. The molecule has 146 valence electrons. The third kappa shape index (κ3) is 5.75. The molecule has 0 unspecified atom stereocenters. The second-order valence-corrected chi connectivity index (χ2v) is 7.27. The van der Waals surface area contributed by atoms with Gasteiger partial charge in [-0.2, -0.15) is 10.5 Å². The maximum absolute atomic E-state index is 12.8. The minimum Gasteiger partial charge on any atom is -0.444 e. The molecular weight excluding hydrogens is 358 g/mol. The lowest BCUT2D eigenvalue weighted by Gasteiger charge is -2.35. The smallest absolute Gasteiger partial charge is 0.410 e. The maximum atomic E-state index is 12.8. The number of ether oxygens (including phenoxy) is 1. The van der Waals surface area contributed by atoms with Crippen molar-refractivity contribution in [2.45, 2.75) is 26.4 Å². The molecule has 1 N–H and O–H groups in total. The van der Waals surface area contributed by atoms with Gasteiger partial charge in [0.1, 0.15) is 23.3 Å². The van der Waals surface area contributed by atoms with Crippen LogP contribution in [0, 0.1) is 22.7 Å². The highest BCUT2D eigenvalue weighted by Gasteiger charge is 2.28. The highest BCUT2D eigenvalue weighted by atomic mass is 16.6. The number of hydrogen-bond acceptors (Lipinski definition) is 6. The van der Waals surface area contributed by atoms with E-state index in [1.54, 1.807) is 46.2 Å². The molecular formula is C20H23N5O3. The predicted octanol–water partition coefficient (Wildman–Crippen LogP) is 2.72. The lowest BCUT2D eigenvalue weighted by Crippen LogP contribution is -2.51. The van der Waals surface area contributed by atoms with Crippen LogP contribution in [0.25, 0.3) is 0 Å². The van der Waals surface area contributed by atoms with Gasteiger partial charge in [0, 0.05) is 43.6 Å². The Bertz CT molecular complexity index is 834. The minimum absolute atomic E-state index is 0.0602. The molecule has 28 heavy (non-hydrogen) atoms. The van der Waals surface area contributed by atoms with Crippen molar-refractivity contribution in [3.05, 3.63) is 41.6 Å². The molecule has 1 aromatic rings. The van der Waals surface area contributed by atoms with E-state index in [9.17, 15) is 9.59 Å². The van der Waals surface area contributed by atoms with Gasteiger partial charge in [0.2, 0.25) is 0 Å². The van der Waals surface area contributed by atoms with Crippen molar-refractivity contribution in [3.63, 3.8) is 0 Å². The maximum Gasteiger partial charge on any atom is 0.410 e. The Morgan fingerprint density at radius 1 is 1.11 bits per heavy atom. The highest BCUT2D eigenvalue weighted by molar-refractivity contribution is 5.95. The van der Waals surface area contributed by atoms with Gasteiger partial charge >= 0.3 is 6.09 Å². The Hall–Kier alpha value is -3.52. The average molecular weight is 381 g/mol. The van der Waals surface area contributed by atoms with Gasteiger partial charge in [-0.05, 0) is 39.0 Å². The Labute approximate surface area is 164 Å². The van der Waals surface area contributed by atoms with Crippen LogP contribution in [0.15, 0.2) is 36.0 Å². The first kappa shape index (κ1) is 20.8. The summed E-state index contributed by atoms with van der Waals surface area (Å²) in [5.41, 5.74) is 0.471. The van der Waals surface area contributed by atoms with Gasteiger partial charge in [0.05, 0.1) is 0 Å². The number of anilines is 1. The van der Waals surface area contributed by atoms with E-state index < -0.39 is 5.60 Å². The molecule has 0 saturated carbocycles. The molecule has 2 rings (SSSR count). The first-order valence-electron chi connectivity index (χ1n) is 8.87. The second-order valence-electron chi connectivity index (χ2n) is 7.27. The lowest BCUT2D eigenvalue weighted by atomic mass is 10.1. The number of nitrogens with one attached hydrogen (secondary N) is 1. The number of benzene rings is 1. The summed E-state index contributed by atoms with van der Waals surface area (Å²) in [6.07, 6.45) is 0.923. The van der Waals surface area contributed by atoms with Crippen LogP contribution in [-0.2, 0) is 4.74 Å². The number of hydrogen-bond donors (Lipinski definition) is 1. The van der Waals surface area contributed by atoms with E-state index in [2.05, 4.69) is 5.32 Å². The van der Waals surface area contributed by atoms with E-state index in [0.29, 0.717) is 37.4 Å². The van der Waals surface area contributed by atoms with Gasteiger partial charge in [-0.25, -0.2) is 4.79 Å². The van der Waals surface area contributed by atoms with Crippen molar-refractivity contribution in [2.75, 3.05) is 31.5 Å². The van der Waals surface area contributed by atoms with Gasteiger partial charge in [-0.3, -0.25) is 4.79 Å². The molecule has 1 heterocycles. The third-order valence-corrected chi connectivity index (χ3v) is 3.95. The van der Waals surface area contributed by atoms with Crippen LogP contribution in [-0.4, -0.2) is 53.6 Å². The summed E-state index contributed by atoms with van der Waals surface area (Å²) in [6, 6.07) is 10.3. The molecule has 1 aliphatic rings. The zero-order valence-corrected chi connectivity index (χ0v) is 16.2. The van der Waals surface area contributed by atoms with Crippen LogP contribution in [0.1, 0.15) is 31.1 Å². The van der Waals surface area contributed by atoms with Crippen molar-refractivity contribution in [2.24, 2.45) is 0 Å². The molecule has 1 aromatic carbocycles. The summed E-state index contributed by atoms with van der Waals surface area (Å²) in [5.74, 6) is -0.141. The fourth-order valence-electron chi connectivity index (χ4n) is 2.59. The summed E-state index contributed by atoms with van der Waals surface area (Å²) < 4.78 is 5.36. The number of nitriles is 2. The summed E-state index contributed by atoms with van der Waals surface area (Å²) in [5, 5.41) is 20.4. The summed E-state index contributed by atoms with van der Waals surface area (Å²) >= 11 is 0. The van der Waals surface area contributed by atoms with E-state index in [4.69, 9.17) is 15.3 Å². The largest absolute Gasteiger partial charge is 0.444 e. The third-order valence-electron chi connectivity index (χ3n) is 3.95. The minimum atomic E-state index is -0.553. The molecule has 0 aromatic heterocycles. The second kappa shape index (κ2) is 8.92. The van der Waals surface area contributed by atoms with Crippen LogP contribution in [0.5, 0.6) is 0 Å². The molecule has 0 radical (unpaired) electrons. The summed E-state index contributed by atoms with van der Waals surface area (Å²) in [6.45, 7) is 7.11. The first-order chi connectivity index (χ1) is 13.2. The number of carbonyl (C=O) groups excluding carboxylic acids is 2. The molecule has 8 nitrogen and oxygen atoms in total. The SMILES string of the molecule is CC(C)(C)OC(=O)N1CCN(C(=O)c2cccc(NC=C(C#N)C#N)c2)CC1. The number of piperazine rings is 1. The number of carbonyl (C=O) groups is 2. The van der Waals surface area contributed by atoms with E-state index >= 15 is 0 Å². The fraction of sp³-hybridized carbons (Fsp3) is 0.400. The number of amides is 2. The number of allylic oxidation sites excluding steroid dienone is 1. The number of nitrogens with zero attached hydrogens (tertiary/aromatic N) is 4. The monoisotopic (exact) mass is 381 g/mol. The predicted molar refractivity (Wildman–Crippen MR) is 103 cm³/mol. The summed E-state index contributed by atoms with van der Waals surface area (Å²) in [4.78, 5) is 28.2. The van der Waals surface area contributed by atoms with Crippen molar-refractivity contribution in [3.8, 4) is 12.1 Å². The quantitative estimate of drug-likeness (QED) is 0.806. The standard InChI is InChI=1S/C20H23N5O3/c1-20(2,3)28-19(27)25-9-7-24(8-10-25)18(26)16-5-4-6-17(11-16)23-14-15(12-21)13-22/h4-6,11,14,23H,7-10H2,1-3H3. The molecule has 1 fully saturated rings. The Morgan fingerprint density at radius 3 is 2.29 bits per heavy atom. The molecule has 1 saturated heterocycles. The van der Waals surface area contributed by atoms with E-state index in [1.807, 2.05) is 20.8 Å². The first-order valence-corrected chi connectivity index (χ1v) is 8.87. The Kier molecular flexibility index (Phi) is 6.62. The molecule has 2 amide bonds. The van der Waals surface area contributed by atoms with Crippen molar-refractivity contribution < 1.29 is 14.3 Å². The highest BCUT2D eigenvalue weighted by Crippen LogP contribution is 2.16. The lowest BCUT2D eigenvalue weighted by molar-refractivity contribution is 0.0141. The average Bonchev–Trinajstić information content (AvgIpc) is 2.67. The van der Waals surface area contributed by atoms with Crippen LogP contribution in [0.3, 0.4) is 0 Å². The van der Waals surface area contributed by atoms with Crippen LogP contribution in [0.2, 0.25) is 0 Å². The molecule has 0 bridgehead atoms.